The summed E-state index contributed by atoms with van der Waals surface area (Å²) in [5.41, 5.74) is 2.89. The van der Waals surface area contributed by atoms with Crippen LogP contribution in [-0.4, -0.2) is 31.3 Å². The Morgan fingerprint density at radius 3 is 3.00 bits per heavy atom. The Bertz CT molecular complexity index is 481. The van der Waals surface area contributed by atoms with Crippen molar-refractivity contribution in [3.8, 4) is 6.07 Å². The molecule has 1 unspecified atom stereocenters. The number of nitrogens with one attached hydrogen (secondary N) is 1. The summed E-state index contributed by atoms with van der Waals surface area (Å²) in [5.74, 6) is 0.340. The molecule has 1 aromatic carbocycles. The highest BCUT2D eigenvalue weighted by Crippen LogP contribution is 2.27. The minimum absolute atomic E-state index is 0.234. The normalized spacial score (nSPS) is 18.2. The number of benzene rings is 1. The molecule has 4 nitrogen and oxygen atoms in total. The summed E-state index contributed by atoms with van der Waals surface area (Å²) in [7, 11) is 0. The monoisotopic (exact) mass is 273 g/mol. The van der Waals surface area contributed by atoms with E-state index in [0.29, 0.717) is 5.92 Å². The Hall–Kier alpha value is -1.57. The van der Waals surface area contributed by atoms with E-state index in [1.54, 1.807) is 0 Å². The van der Waals surface area contributed by atoms with Crippen LogP contribution in [0.4, 0.5) is 5.69 Å². The van der Waals surface area contributed by atoms with Crippen molar-refractivity contribution in [1.29, 1.82) is 5.26 Å². The van der Waals surface area contributed by atoms with Crippen LogP contribution in [0.25, 0.3) is 0 Å². The van der Waals surface area contributed by atoms with E-state index in [1.807, 2.05) is 12.1 Å². The lowest BCUT2D eigenvalue weighted by Crippen LogP contribution is -2.22. The zero-order valence-corrected chi connectivity index (χ0v) is 12.1. The van der Waals surface area contributed by atoms with Crippen LogP contribution in [0.3, 0.4) is 0 Å². The molecule has 1 heterocycles. The molecule has 1 saturated heterocycles. The van der Waals surface area contributed by atoms with Crippen molar-refractivity contribution in [1.82, 2.24) is 5.32 Å². The first kappa shape index (κ1) is 14.8. The zero-order valence-electron chi connectivity index (χ0n) is 12.1. The maximum atomic E-state index is 9.35. The molecular weight excluding hydrogens is 250 g/mol. The van der Waals surface area contributed by atoms with Crippen molar-refractivity contribution in [2.75, 3.05) is 31.1 Å². The molecule has 108 valence electrons. The number of rotatable bonds is 6. The quantitative estimate of drug-likeness (QED) is 0.777. The van der Waals surface area contributed by atoms with Crippen LogP contribution in [-0.2, 0) is 6.54 Å². The van der Waals surface area contributed by atoms with Gasteiger partial charge in [0, 0.05) is 32.2 Å². The molecule has 0 amide bonds. The smallest absolute Gasteiger partial charge is 0.101 e. The van der Waals surface area contributed by atoms with Crippen LogP contribution in [0.2, 0.25) is 0 Å². The van der Waals surface area contributed by atoms with Crippen molar-refractivity contribution >= 4 is 5.69 Å². The molecule has 2 rings (SSSR count). The maximum absolute atomic E-state index is 9.35. The van der Waals surface area contributed by atoms with Gasteiger partial charge in [0.2, 0.25) is 0 Å². The van der Waals surface area contributed by atoms with Crippen molar-refractivity contribution in [2.24, 2.45) is 5.92 Å². The molecular formula is C16H23N3O. The zero-order chi connectivity index (χ0) is 14.4. The van der Waals surface area contributed by atoms with E-state index >= 15 is 0 Å². The molecule has 0 bridgehead atoms. The number of aliphatic hydroxyl groups excluding tert-OH is 1. The number of hydrogen-bond acceptors (Lipinski definition) is 4. The van der Waals surface area contributed by atoms with Crippen molar-refractivity contribution in [3.63, 3.8) is 0 Å². The summed E-state index contributed by atoms with van der Waals surface area (Å²) >= 11 is 0. The van der Waals surface area contributed by atoms with E-state index in [-0.39, 0.29) is 6.61 Å². The molecule has 0 spiro atoms. The number of aliphatic hydroxyl groups is 1. The highest BCUT2D eigenvalue weighted by atomic mass is 16.3. The minimum Gasteiger partial charge on any atom is -0.396 e. The van der Waals surface area contributed by atoms with Crippen molar-refractivity contribution in [3.05, 3.63) is 29.3 Å². The SMILES string of the molecule is CCCNCc1ccc(N2CCC(CO)C2)c(C#N)c1. The maximum Gasteiger partial charge on any atom is 0.101 e. The van der Waals surface area contributed by atoms with E-state index in [2.05, 4.69) is 29.3 Å². The van der Waals surface area contributed by atoms with Crippen LogP contribution < -0.4 is 10.2 Å². The predicted octanol–water partition coefficient (Wildman–Crippen LogP) is 1.88. The second-order valence-corrected chi connectivity index (χ2v) is 5.42. The lowest BCUT2D eigenvalue weighted by Gasteiger charge is -2.20. The van der Waals surface area contributed by atoms with Gasteiger partial charge in [0.1, 0.15) is 6.07 Å². The first-order chi connectivity index (χ1) is 9.78. The average molecular weight is 273 g/mol. The standard InChI is InChI=1S/C16H23N3O/c1-2-6-18-10-13-3-4-16(15(8-13)9-17)19-7-5-14(11-19)12-20/h3-4,8,14,18,20H,2,5-7,10-12H2,1H3. The molecule has 1 aliphatic heterocycles. The van der Waals surface area contributed by atoms with Crippen LogP contribution in [0.5, 0.6) is 0 Å². The van der Waals surface area contributed by atoms with Gasteiger partial charge in [0.05, 0.1) is 11.3 Å². The first-order valence-electron chi connectivity index (χ1n) is 7.38. The summed E-state index contributed by atoms with van der Waals surface area (Å²) in [6, 6.07) is 8.41. The van der Waals surface area contributed by atoms with Crippen LogP contribution >= 0.6 is 0 Å². The van der Waals surface area contributed by atoms with Crippen LogP contribution in [0.15, 0.2) is 18.2 Å². The van der Waals surface area contributed by atoms with E-state index in [1.165, 1.54) is 0 Å². The first-order valence-corrected chi connectivity index (χ1v) is 7.38. The van der Waals surface area contributed by atoms with Gasteiger partial charge in [-0.05, 0) is 37.1 Å². The van der Waals surface area contributed by atoms with Gasteiger partial charge in [-0.3, -0.25) is 0 Å². The number of nitriles is 1. The topological polar surface area (TPSA) is 59.3 Å². The van der Waals surface area contributed by atoms with Crippen LogP contribution in [0.1, 0.15) is 30.9 Å². The van der Waals surface area contributed by atoms with Gasteiger partial charge < -0.3 is 15.3 Å². The summed E-state index contributed by atoms with van der Waals surface area (Å²) in [4.78, 5) is 2.21. The molecule has 4 heteroatoms. The molecule has 0 aliphatic carbocycles. The van der Waals surface area contributed by atoms with E-state index < -0.39 is 0 Å². The van der Waals surface area contributed by atoms with Crippen molar-refractivity contribution < 1.29 is 5.11 Å². The summed E-state index contributed by atoms with van der Waals surface area (Å²) in [5, 5.41) is 21.9. The Morgan fingerprint density at radius 2 is 2.35 bits per heavy atom. The number of hydrogen-bond donors (Lipinski definition) is 2. The van der Waals surface area contributed by atoms with E-state index in [0.717, 1.165) is 55.8 Å². The number of anilines is 1. The summed E-state index contributed by atoms with van der Waals surface area (Å²) in [6.45, 7) is 5.95. The van der Waals surface area contributed by atoms with E-state index in [9.17, 15) is 10.4 Å². The molecule has 20 heavy (non-hydrogen) atoms. The highest BCUT2D eigenvalue weighted by molar-refractivity contribution is 5.61. The second kappa shape index (κ2) is 7.28. The molecule has 0 saturated carbocycles. The molecule has 1 fully saturated rings. The highest BCUT2D eigenvalue weighted by Gasteiger charge is 2.23. The Morgan fingerprint density at radius 1 is 1.50 bits per heavy atom. The van der Waals surface area contributed by atoms with Gasteiger partial charge in [0.25, 0.3) is 0 Å². The van der Waals surface area contributed by atoms with Gasteiger partial charge in [-0.25, -0.2) is 0 Å². The lowest BCUT2D eigenvalue weighted by atomic mass is 10.1. The van der Waals surface area contributed by atoms with Crippen molar-refractivity contribution in [2.45, 2.75) is 26.3 Å². The number of nitrogens with zero attached hydrogens (tertiary/aromatic N) is 2. The van der Waals surface area contributed by atoms with Gasteiger partial charge in [-0.2, -0.15) is 5.26 Å². The third kappa shape index (κ3) is 3.50. The lowest BCUT2D eigenvalue weighted by molar-refractivity contribution is 0.238. The summed E-state index contributed by atoms with van der Waals surface area (Å²) in [6.07, 6.45) is 2.11. The van der Waals surface area contributed by atoms with Crippen LogP contribution in [0, 0.1) is 17.2 Å². The van der Waals surface area contributed by atoms with Gasteiger partial charge >= 0.3 is 0 Å². The Balaban J connectivity index is 2.08. The second-order valence-electron chi connectivity index (χ2n) is 5.42. The fourth-order valence-electron chi connectivity index (χ4n) is 2.67. The molecule has 2 N–H and O–H groups in total. The molecule has 0 radical (unpaired) electrons. The van der Waals surface area contributed by atoms with E-state index in [4.69, 9.17) is 0 Å². The molecule has 0 aromatic heterocycles. The average Bonchev–Trinajstić information content (AvgIpc) is 2.96. The third-order valence-electron chi connectivity index (χ3n) is 3.82. The summed E-state index contributed by atoms with van der Waals surface area (Å²) < 4.78 is 0. The fraction of sp³-hybridized carbons (Fsp3) is 0.562. The fourth-order valence-corrected chi connectivity index (χ4v) is 2.67. The predicted molar refractivity (Wildman–Crippen MR) is 80.6 cm³/mol. The van der Waals surface area contributed by atoms with Gasteiger partial charge in [-0.15, -0.1) is 0 Å². The molecule has 1 aromatic rings. The molecule has 1 aliphatic rings. The minimum atomic E-state index is 0.234. The van der Waals surface area contributed by atoms with Gasteiger partial charge in [0.15, 0.2) is 0 Å². The largest absolute Gasteiger partial charge is 0.396 e. The third-order valence-corrected chi connectivity index (χ3v) is 3.82. The molecule has 1 atom stereocenters. The Labute approximate surface area is 121 Å². The Kier molecular flexibility index (Phi) is 5.40. The van der Waals surface area contributed by atoms with Gasteiger partial charge in [-0.1, -0.05) is 13.0 Å².